The summed E-state index contributed by atoms with van der Waals surface area (Å²) in [6.45, 7) is 5.23. The molecule has 0 aliphatic carbocycles. The minimum Gasteiger partial charge on any atom is -0.396 e. The topological polar surface area (TPSA) is 64.1 Å². The van der Waals surface area contributed by atoms with Crippen molar-refractivity contribution in [2.24, 2.45) is 11.7 Å². The Balaban J connectivity index is 2.91. The van der Waals surface area contributed by atoms with E-state index < -0.39 is 0 Å². The Morgan fingerprint density at radius 2 is 2.27 bits per heavy atom. The van der Waals surface area contributed by atoms with E-state index in [1.54, 1.807) is 0 Å². The Bertz CT molecular complexity index is 321. The van der Waals surface area contributed by atoms with Gasteiger partial charge in [0.1, 0.15) is 0 Å². The van der Waals surface area contributed by atoms with Gasteiger partial charge in [-0.25, -0.2) is 0 Å². The van der Waals surface area contributed by atoms with E-state index >= 15 is 0 Å². The van der Waals surface area contributed by atoms with E-state index in [4.69, 9.17) is 22.4 Å². The van der Waals surface area contributed by atoms with Crippen molar-refractivity contribution in [1.82, 2.24) is 9.78 Å². The predicted molar refractivity (Wildman–Crippen MR) is 61.0 cm³/mol. The zero-order chi connectivity index (χ0) is 11.4. The molecule has 0 spiro atoms. The van der Waals surface area contributed by atoms with E-state index in [-0.39, 0.29) is 12.5 Å². The number of hydrogen-bond donors (Lipinski definition) is 2. The molecule has 0 aromatic carbocycles. The maximum absolute atomic E-state index is 9.10. The summed E-state index contributed by atoms with van der Waals surface area (Å²) in [5.74, 6) is 0.0592. The van der Waals surface area contributed by atoms with Crippen molar-refractivity contribution >= 4 is 11.6 Å². The molecule has 0 saturated carbocycles. The van der Waals surface area contributed by atoms with Crippen LogP contribution in [0.25, 0.3) is 0 Å². The van der Waals surface area contributed by atoms with Crippen LogP contribution in [0.4, 0.5) is 0 Å². The van der Waals surface area contributed by atoms with Crippen molar-refractivity contribution in [3.05, 3.63) is 16.4 Å². The molecule has 1 atom stereocenters. The highest BCUT2D eigenvalue weighted by Crippen LogP contribution is 2.22. The van der Waals surface area contributed by atoms with Crippen LogP contribution in [0.15, 0.2) is 0 Å². The fraction of sp³-hybridized carbons (Fsp3) is 0.700. The summed E-state index contributed by atoms with van der Waals surface area (Å²) < 4.78 is 1.87. The van der Waals surface area contributed by atoms with Crippen molar-refractivity contribution in [3.8, 4) is 0 Å². The highest BCUT2D eigenvalue weighted by Gasteiger charge is 2.16. The molecule has 1 unspecified atom stereocenters. The van der Waals surface area contributed by atoms with Gasteiger partial charge in [-0.05, 0) is 32.7 Å². The highest BCUT2D eigenvalue weighted by atomic mass is 35.5. The Labute approximate surface area is 95.0 Å². The molecule has 0 aliphatic heterocycles. The summed E-state index contributed by atoms with van der Waals surface area (Å²) >= 11 is 6.14. The standard InChI is InChI=1S/C10H18ClN3O/c1-3-14-9(4-8(5-12)6-15)10(11)7(2)13-14/h8,15H,3-6,12H2,1-2H3. The first kappa shape index (κ1) is 12.5. The van der Waals surface area contributed by atoms with Crippen LogP contribution in [0, 0.1) is 12.8 Å². The van der Waals surface area contributed by atoms with Crippen LogP contribution in [-0.2, 0) is 13.0 Å². The van der Waals surface area contributed by atoms with E-state index in [9.17, 15) is 0 Å². The van der Waals surface area contributed by atoms with E-state index in [0.29, 0.717) is 18.0 Å². The fourth-order valence-electron chi connectivity index (χ4n) is 1.56. The molecule has 1 aromatic heterocycles. The van der Waals surface area contributed by atoms with Gasteiger partial charge >= 0.3 is 0 Å². The molecule has 0 saturated heterocycles. The maximum Gasteiger partial charge on any atom is 0.0847 e. The smallest absolute Gasteiger partial charge is 0.0847 e. The number of aliphatic hydroxyl groups excluding tert-OH is 1. The van der Waals surface area contributed by atoms with E-state index in [2.05, 4.69) is 5.10 Å². The lowest BCUT2D eigenvalue weighted by Gasteiger charge is -2.12. The van der Waals surface area contributed by atoms with Gasteiger partial charge in [0.2, 0.25) is 0 Å². The van der Waals surface area contributed by atoms with Gasteiger partial charge in [0, 0.05) is 13.2 Å². The highest BCUT2D eigenvalue weighted by molar-refractivity contribution is 6.31. The summed E-state index contributed by atoms with van der Waals surface area (Å²) in [5.41, 5.74) is 7.36. The van der Waals surface area contributed by atoms with E-state index in [0.717, 1.165) is 17.9 Å². The molecule has 0 bridgehead atoms. The molecule has 5 heteroatoms. The van der Waals surface area contributed by atoms with Crippen LogP contribution in [0.2, 0.25) is 5.02 Å². The second kappa shape index (κ2) is 5.49. The fourth-order valence-corrected chi connectivity index (χ4v) is 1.77. The zero-order valence-corrected chi connectivity index (χ0v) is 9.96. The van der Waals surface area contributed by atoms with Crippen LogP contribution in [0.3, 0.4) is 0 Å². The molecular formula is C10H18ClN3O. The van der Waals surface area contributed by atoms with Crippen LogP contribution < -0.4 is 5.73 Å². The number of hydrogen-bond acceptors (Lipinski definition) is 3. The van der Waals surface area contributed by atoms with Crippen molar-refractivity contribution < 1.29 is 5.11 Å². The first-order valence-electron chi connectivity index (χ1n) is 5.16. The number of aryl methyl sites for hydroxylation is 2. The average molecular weight is 232 g/mol. The number of nitrogens with zero attached hydrogens (tertiary/aromatic N) is 2. The predicted octanol–water partition coefficient (Wildman–Crippen LogP) is 0.975. The number of rotatable bonds is 5. The van der Waals surface area contributed by atoms with Gasteiger partial charge in [0.25, 0.3) is 0 Å². The van der Waals surface area contributed by atoms with Crippen LogP contribution in [0.1, 0.15) is 18.3 Å². The first-order valence-corrected chi connectivity index (χ1v) is 5.54. The molecule has 1 rings (SSSR count). The van der Waals surface area contributed by atoms with Gasteiger partial charge in [-0.2, -0.15) is 5.10 Å². The van der Waals surface area contributed by atoms with Crippen LogP contribution >= 0.6 is 11.6 Å². The quantitative estimate of drug-likeness (QED) is 0.794. The lowest BCUT2D eigenvalue weighted by Crippen LogP contribution is -2.22. The second-order valence-electron chi connectivity index (χ2n) is 3.65. The van der Waals surface area contributed by atoms with Crippen LogP contribution in [-0.4, -0.2) is 28.0 Å². The van der Waals surface area contributed by atoms with Crippen molar-refractivity contribution in [2.75, 3.05) is 13.2 Å². The van der Waals surface area contributed by atoms with Crippen molar-refractivity contribution in [2.45, 2.75) is 26.8 Å². The normalized spacial score (nSPS) is 13.1. The lowest BCUT2D eigenvalue weighted by atomic mass is 10.0. The zero-order valence-electron chi connectivity index (χ0n) is 9.20. The minimum atomic E-state index is 0.0592. The number of nitrogens with two attached hydrogens (primary N) is 1. The molecule has 1 aromatic rings. The van der Waals surface area contributed by atoms with Crippen molar-refractivity contribution in [3.63, 3.8) is 0 Å². The Hall–Kier alpha value is -0.580. The van der Waals surface area contributed by atoms with Gasteiger partial charge in [0.05, 0.1) is 16.4 Å². The molecule has 0 fully saturated rings. The third kappa shape index (κ3) is 2.71. The molecule has 0 aliphatic rings. The van der Waals surface area contributed by atoms with Crippen LogP contribution in [0.5, 0.6) is 0 Å². The van der Waals surface area contributed by atoms with Gasteiger partial charge in [-0.1, -0.05) is 11.6 Å². The lowest BCUT2D eigenvalue weighted by molar-refractivity contribution is 0.227. The molecule has 1 heterocycles. The number of aromatic nitrogens is 2. The monoisotopic (exact) mass is 231 g/mol. The second-order valence-corrected chi connectivity index (χ2v) is 4.03. The molecule has 4 nitrogen and oxygen atoms in total. The molecule has 0 radical (unpaired) electrons. The number of halogens is 1. The SMILES string of the molecule is CCn1nc(C)c(Cl)c1CC(CN)CO. The van der Waals surface area contributed by atoms with E-state index in [1.807, 2.05) is 18.5 Å². The molecule has 0 amide bonds. The van der Waals surface area contributed by atoms with Gasteiger partial charge in [-0.3, -0.25) is 4.68 Å². The van der Waals surface area contributed by atoms with Crippen molar-refractivity contribution in [1.29, 1.82) is 0 Å². The summed E-state index contributed by atoms with van der Waals surface area (Å²) in [6, 6.07) is 0. The summed E-state index contributed by atoms with van der Waals surface area (Å²) in [4.78, 5) is 0. The largest absolute Gasteiger partial charge is 0.396 e. The summed E-state index contributed by atoms with van der Waals surface area (Å²) in [5, 5.41) is 14.1. The summed E-state index contributed by atoms with van der Waals surface area (Å²) in [6.07, 6.45) is 0.681. The maximum atomic E-state index is 9.10. The van der Waals surface area contributed by atoms with Gasteiger partial charge in [-0.15, -0.1) is 0 Å². The summed E-state index contributed by atoms with van der Waals surface area (Å²) in [7, 11) is 0. The Morgan fingerprint density at radius 1 is 1.60 bits per heavy atom. The molecular weight excluding hydrogens is 214 g/mol. The third-order valence-corrected chi connectivity index (χ3v) is 3.02. The first-order chi connectivity index (χ1) is 7.13. The Kier molecular flexibility index (Phi) is 4.57. The third-order valence-electron chi connectivity index (χ3n) is 2.53. The molecule has 86 valence electrons. The minimum absolute atomic E-state index is 0.0592. The van der Waals surface area contributed by atoms with Gasteiger partial charge in [0.15, 0.2) is 0 Å². The molecule has 3 N–H and O–H groups in total. The van der Waals surface area contributed by atoms with Gasteiger partial charge < -0.3 is 10.8 Å². The Morgan fingerprint density at radius 3 is 2.73 bits per heavy atom. The van der Waals surface area contributed by atoms with E-state index in [1.165, 1.54) is 0 Å². The number of aliphatic hydroxyl groups is 1. The average Bonchev–Trinajstić information content (AvgIpc) is 2.52. The molecule has 15 heavy (non-hydrogen) atoms.